The van der Waals surface area contributed by atoms with E-state index in [9.17, 15) is 9.18 Å². The summed E-state index contributed by atoms with van der Waals surface area (Å²) in [5.41, 5.74) is 5.64. The summed E-state index contributed by atoms with van der Waals surface area (Å²) in [6.07, 6.45) is -0.745. The van der Waals surface area contributed by atoms with Crippen LogP contribution in [-0.4, -0.2) is 11.9 Å². The molecule has 0 bridgehead atoms. The van der Waals surface area contributed by atoms with E-state index >= 15 is 0 Å². The molecule has 20 heavy (non-hydrogen) atoms. The van der Waals surface area contributed by atoms with Crippen LogP contribution in [0.25, 0.3) is 0 Å². The van der Waals surface area contributed by atoms with Crippen LogP contribution in [0.5, 0.6) is 5.75 Å². The van der Waals surface area contributed by atoms with Crippen LogP contribution in [0, 0.1) is 11.2 Å². The summed E-state index contributed by atoms with van der Waals surface area (Å²) in [5.74, 6) is -0.520. The van der Waals surface area contributed by atoms with Crippen LogP contribution in [0.2, 0.25) is 0 Å². The van der Waals surface area contributed by atoms with Gasteiger partial charge in [0.25, 0.3) is 0 Å². The van der Waals surface area contributed by atoms with Gasteiger partial charge in [0.05, 0.1) is 5.69 Å². The molecule has 0 fully saturated rings. The number of halogens is 1. The van der Waals surface area contributed by atoms with Gasteiger partial charge in [0.15, 0.2) is 0 Å². The number of rotatable bonds is 3. The van der Waals surface area contributed by atoms with E-state index in [1.165, 1.54) is 6.07 Å². The number of benzene rings is 2. The van der Waals surface area contributed by atoms with Crippen molar-refractivity contribution in [3.8, 4) is 5.75 Å². The van der Waals surface area contributed by atoms with E-state index in [1.54, 1.807) is 30.3 Å². The lowest BCUT2D eigenvalue weighted by Gasteiger charge is -2.10. The Bertz CT molecular complexity index is 644. The number of hydrogen-bond acceptors (Lipinski definition) is 3. The van der Waals surface area contributed by atoms with E-state index in [0.717, 1.165) is 12.1 Å². The lowest BCUT2D eigenvalue weighted by Crippen LogP contribution is -2.21. The maximum absolute atomic E-state index is 13.1. The average Bonchev–Trinajstić information content (AvgIpc) is 2.41. The van der Waals surface area contributed by atoms with E-state index < -0.39 is 11.9 Å². The van der Waals surface area contributed by atoms with Crippen molar-refractivity contribution in [2.45, 2.75) is 0 Å². The molecule has 0 saturated heterocycles. The van der Waals surface area contributed by atoms with Crippen molar-refractivity contribution in [2.24, 2.45) is 5.73 Å². The number of amides is 1. The maximum Gasteiger partial charge on any atom is 0.417 e. The molecule has 0 aliphatic heterocycles. The van der Waals surface area contributed by atoms with E-state index in [0.29, 0.717) is 5.75 Å². The second kappa shape index (κ2) is 5.83. The monoisotopic (exact) mass is 273 g/mol. The topological polar surface area (TPSA) is 88.2 Å². The van der Waals surface area contributed by atoms with Gasteiger partial charge in [-0.15, -0.1) is 0 Å². The molecule has 2 rings (SSSR count). The molecule has 0 unspecified atom stereocenters. The summed E-state index contributed by atoms with van der Waals surface area (Å²) < 4.78 is 18.1. The number of nitrogens with two attached hydrogens (primary N) is 1. The van der Waals surface area contributed by atoms with Crippen LogP contribution < -0.4 is 15.8 Å². The normalized spacial score (nSPS) is 9.85. The molecule has 0 aliphatic carbocycles. The fourth-order valence-electron chi connectivity index (χ4n) is 1.58. The highest BCUT2D eigenvalue weighted by atomic mass is 19.1. The number of hydrogen-bond donors (Lipinski definition) is 3. The SMILES string of the molecule is N=C(N)c1cc(F)ccc1NC(=O)Oc1ccccc1. The molecule has 0 saturated carbocycles. The Morgan fingerprint density at radius 2 is 1.90 bits per heavy atom. The van der Waals surface area contributed by atoms with Gasteiger partial charge in [-0.1, -0.05) is 18.2 Å². The molecule has 0 heterocycles. The Balaban J connectivity index is 2.14. The smallest absolute Gasteiger partial charge is 0.410 e. The molecule has 6 heteroatoms. The number of nitrogens with one attached hydrogen (secondary N) is 2. The van der Waals surface area contributed by atoms with Gasteiger partial charge < -0.3 is 10.5 Å². The Morgan fingerprint density at radius 3 is 2.55 bits per heavy atom. The first-order valence-electron chi connectivity index (χ1n) is 5.74. The van der Waals surface area contributed by atoms with Crippen LogP contribution in [0.4, 0.5) is 14.9 Å². The minimum Gasteiger partial charge on any atom is -0.410 e. The predicted octanol–water partition coefficient (Wildman–Crippen LogP) is 2.72. The van der Waals surface area contributed by atoms with Crippen LogP contribution >= 0.6 is 0 Å². The number of ether oxygens (including phenoxy) is 1. The minimum atomic E-state index is -0.745. The fourth-order valence-corrected chi connectivity index (χ4v) is 1.58. The molecule has 4 N–H and O–H groups in total. The van der Waals surface area contributed by atoms with Gasteiger partial charge in [0.2, 0.25) is 0 Å². The number of carbonyl (C=O) groups excluding carboxylic acids is 1. The van der Waals surface area contributed by atoms with E-state index in [4.69, 9.17) is 15.9 Å². The molecule has 2 aromatic rings. The van der Waals surface area contributed by atoms with Gasteiger partial charge in [-0.2, -0.15) is 0 Å². The third kappa shape index (κ3) is 3.32. The standard InChI is InChI=1S/C14H12FN3O2/c15-9-6-7-12(11(8-9)13(16)17)18-14(19)20-10-4-2-1-3-5-10/h1-8H,(H3,16,17)(H,18,19). The highest BCUT2D eigenvalue weighted by molar-refractivity contribution is 6.03. The quantitative estimate of drug-likeness (QED) is 0.593. The summed E-state index contributed by atoms with van der Waals surface area (Å²) >= 11 is 0. The van der Waals surface area contributed by atoms with E-state index in [1.807, 2.05) is 0 Å². The van der Waals surface area contributed by atoms with Crippen molar-refractivity contribution >= 4 is 17.6 Å². The number of para-hydroxylation sites is 1. The van der Waals surface area contributed by atoms with Gasteiger partial charge in [-0.3, -0.25) is 10.7 Å². The maximum atomic E-state index is 13.1. The highest BCUT2D eigenvalue weighted by Crippen LogP contribution is 2.17. The van der Waals surface area contributed by atoms with Gasteiger partial charge in [0, 0.05) is 5.56 Å². The molecule has 0 aromatic heterocycles. The lowest BCUT2D eigenvalue weighted by atomic mass is 10.1. The summed E-state index contributed by atoms with van der Waals surface area (Å²) in [6.45, 7) is 0. The molecule has 102 valence electrons. The number of carbonyl (C=O) groups is 1. The number of nitrogen functional groups attached to an aromatic ring is 1. The zero-order chi connectivity index (χ0) is 14.5. The molecule has 2 aromatic carbocycles. The largest absolute Gasteiger partial charge is 0.417 e. The van der Waals surface area contributed by atoms with E-state index in [2.05, 4.69) is 5.32 Å². The van der Waals surface area contributed by atoms with Gasteiger partial charge in [-0.25, -0.2) is 9.18 Å². The number of amidine groups is 1. The molecule has 0 radical (unpaired) electrons. The Morgan fingerprint density at radius 1 is 1.20 bits per heavy atom. The van der Waals surface area contributed by atoms with Gasteiger partial charge >= 0.3 is 6.09 Å². The van der Waals surface area contributed by atoms with E-state index in [-0.39, 0.29) is 17.1 Å². The molecule has 0 aliphatic rings. The third-order valence-electron chi connectivity index (χ3n) is 2.46. The van der Waals surface area contributed by atoms with Crippen molar-refractivity contribution in [2.75, 3.05) is 5.32 Å². The minimum absolute atomic E-state index is 0.0926. The fraction of sp³-hybridized carbons (Fsp3) is 0. The van der Waals surface area contributed by atoms with Crippen molar-refractivity contribution in [1.82, 2.24) is 0 Å². The molecule has 0 spiro atoms. The molecule has 5 nitrogen and oxygen atoms in total. The predicted molar refractivity (Wildman–Crippen MR) is 73.5 cm³/mol. The molecule has 0 atom stereocenters. The first-order valence-corrected chi connectivity index (χ1v) is 5.74. The highest BCUT2D eigenvalue weighted by Gasteiger charge is 2.11. The molecular weight excluding hydrogens is 261 g/mol. The summed E-state index contributed by atoms with van der Waals surface area (Å²) in [6, 6.07) is 12.0. The second-order valence-electron chi connectivity index (χ2n) is 3.93. The summed E-state index contributed by atoms with van der Waals surface area (Å²) in [4.78, 5) is 11.7. The van der Waals surface area contributed by atoms with Crippen LogP contribution in [0.3, 0.4) is 0 Å². The van der Waals surface area contributed by atoms with Gasteiger partial charge in [0.1, 0.15) is 17.4 Å². The zero-order valence-corrected chi connectivity index (χ0v) is 10.4. The average molecular weight is 273 g/mol. The first kappa shape index (κ1) is 13.5. The third-order valence-corrected chi connectivity index (χ3v) is 2.46. The number of anilines is 1. The van der Waals surface area contributed by atoms with Crippen molar-refractivity contribution in [3.05, 3.63) is 59.9 Å². The van der Waals surface area contributed by atoms with Gasteiger partial charge in [-0.05, 0) is 30.3 Å². The second-order valence-corrected chi connectivity index (χ2v) is 3.93. The van der Waals surface area contributed by atoms with Crippen molar-refractivity contribution < 1.29 is 13.9 Å². The zero-order valence-electron chi connectivity index (χ0n) is 10.4. The Kier molecular flexibility index (Phi) is 3.95. The lowest BCUT2D eigenvalue weighted by molar-refractivity contribution is 0.215. The van der Waals surface area contributed by atoms with Crippen LogP contribution in [0.15, 0.2) is 48.5 Å². The Hall–Kier alpha value is -2.89. The molecule has 1 amide bonds. The van der Waals surface area contributed by atoms with Crippen molar-refractivity contribution in [3.63, 3.8) is 0 Å². The molecular formula is C14H12FN3O2. The Labute approximate surface area is 114 Å². The van der Waals surface area contributed by atoms with Crippen LogP contribution in [0.1, 0.15) is 5.56 Å². The van der Waals surface area contributed by atoms with Crippen LogP contribution in [-0.2, 0) is 0 Å². The first-order chi connectivity index (χ1) is 9.56. The summed E-state index contributed by atoms with van der Waals surface area (Å²) in [7, 11) is 0. The summed E-state index contributed by atoms with van der Waals surface area (Å²) in [5, 5.41) is 9.78. The van der Waals surface area contributed by atoms with Crippen molar-refractivity contribution in [1.29, 1.82) is 5.41 Å².